The van der Waals surface area contributed by atoms with Gasteiger partial charge in [0.05, 0.1) is 5.01 Å². The van der Waals surface area contributed by atoms with Gasteiger partial charge in [0.15, 0.2) is 0 Å². The van der Waals surface area contributed by atoms with Gasteiger partial charge in [0.1, 0.15) is 0 Å². The summed E-state index contributed by atoms with van der Waals surface area (Å²) in [6.07, 6.45) is 2.92. The lowest BCUT2D eigenvalue weighted by Gasteiger charge is -2.17. The first-order valence-electron chi connectivity index (χ1n) is 4.88. The van der Waals surface area contributed by atoms with Gasteiger partial charge < -0.3 is 11.1 Å². The Morgan fingerprint density at radius 2 is 2.29 bits per heavy atom. The zero-order valence-corrected chi connectivity index (χ0v) is 9.95. The summed E-state index contributed by atoms with van der Waals surface area (Å²) in [5.41, 5.74) is 5.80. The molecule has 0 unspecified atom stereocenters. The van der Waals surface area contributed by atoms with Crippen molar-refractivity contribution in [3.05, 3.63) is 16.1 Å². The molecule has 4 heteroatoms. The quantitative estimate of drug-likeness (QED) is 0.732. The number of thiazole rings is 1. The van der Waals surface area contributed by atoms with Crippen molar-refractivity contribution in [2.75, 3.05) is 6.54 Å². The molecule has 14 heavy (non-hydrogen) atoms. The summed E-state index contributed by atoms with van der Waals surface area (Å²) in [5.74, 6) is 0. The van der Waals surface area contributed by atoms with E-state index in [0.29, 0.717) is 0 Å². The zero-order chi connectivity index (χ0) is 10.6. The Balaban J connectivity index is 2.16. The molecule has 3 N–H and O–H groups in total. The second-order valence-electron chi connectivity index (χ2n) is 4.26. The Hall–Kier alpha value is -0.450. The van der Waals surface area contributed by atoms with Crippen LogP contribution in [0.15, 0.2) is 6.20 Å². The van der Waals surface area contributed by atoms with E-state index in [0.717, 1.165) is 24.5 Å². The van der Waals surface area contributed by atoms with Crippen LogP contribution >= 0.6 is 11.3 Å². The molecule has 0 aromatic carbocycles. The number of nitrogens with two attached hydrogens (primary N) is 1. The minimum absolute atomic E-state index is 0.0728. The second-order valence-corrected chi connectivity index (χ2v) is 5.58. The van der Waals surface area contributed by atoms with E-state index >= 15 is 0 Å². The van der Waals surface area contributed by atoms with Crippen molar-refractivity contribution in [3.63, 3.8) is 0 Å². The zero-order valence-electron chi connectivity index (χ0n) is 9.13. The Kier molecular flexibility index (Phi) is 4.04. The van der Waals surface area contributed by atoms with Crippen LogP contribution in [-0.2, 0) is 6.54 Å². The molecule has 0 saturated carbocycles. The van der Waals surface area contributed by atoms with Crippen LogP contribution in [-0.4, -0.2) is 17.1 Å². The van der Waals surface area contributed by atoms with Crippen LogP contribution in [0.25, 0.3) is 0 Å². The highest BCUT2D eigenvalue weighted by Crippen LogP contribution is 2.10. The van der Waals surface area contributed by atoms with E-state index in [-0.39, 0.29) is 5.54 Å². The van der Waals surface area contributed by atoms with Crippen LogP contribution in [0.5, 0.6) is 0 Å². The maximum absolute atomic E-state index is 5.87. The molecule has 1 rings (SSSR count). The van der Waals surface area contributed by atoms with Crippen LogP contribution in [0.2, 0.25) is 0 Å². The number of aryl methyl sites for hydroxylation is 1. The minimum Gasteiger partial charge on any atom is -0.326 e. The maximum Gasteiger partial charge on any atom is 0.0897 e. The van der Waals surface area contributed by atoms with Gasteiger partial charge in [0.25, 0.3) is 0 Å². The summed E-state index contributed by atoms with van der Waals surface area (Å²) >= 11 is 1.74. The number of rotatable bonds is 5. The lowest BCUT2D eigenvalue weighted by atomic mass is 10.0. The third-order valence-corrected chi connectivity index (χ3v) is 2.83. The highest BCUT2D eigenvalue weighted by atomic mass is 32.1. The number of nitrogens with one attached hydrogen (secondary N) is 1. The van der Waals surface area contributed by atoms with Crippen molar-refractivity contribution in [1.29, 1.82) is 0 Å². The molecule has 0 amide bonds. The molecule has 0 saturated heterocycles. The topological polar surface area (TPSA) is 50.9 Å². The molecular formula is C10H19N3S. The van der Waals surface area contributed by atoms with Gasteiger partial charge >= 0.3 is 0 Å². The lowest BCUT2D eigenvalue weighted by molar-refractivity contribution is 0.455. The third kappa shape index (κ3) is 4.69. The third-order valence-electron chi connectivity index (χ3n) is 1.91. The van der Waals surface area contributed by atoms with Crippen molar-refractivity contribution < 1.29 is 0 Å². The summed E-state index contributed by atoms with van der Waals surface area (Å²) in [6.45, 7) is 7.98. The van der Waals surface area contributed by atoms with Crippen LogP contribution in [0.1, 0.15) is 30.2 Å². The van der Waals surface area contributed by atoms with E-state index in [4.69, 9.17) is 5.73 Å². The smallest absolute Gasteiger partial charge is 0.0897 e. The number of nitrogens with zero attached hydrogens (tertiary/aromatic N) is 1. The molecule has 0 aliphatic heterocycles. The van der Waals surface area contributed by atoms with Crippen molar-refractivity contribution in [2.24, 2.45) is 5.73 Å². The Labute approximate surface area is 89.7 Å². The molecule has 0 aliphatic rings. The predicted molar refractivity (Wildman–Crippen MR) is 61.4 cm³/mol. The first kappa shape index (κ1) is 11.6. The first-order chi connectivity index (χ1) is 6.47. The van der Waals surface area contributed by atoms with Crippen molar-refractivity contribution in [2.45, 2.75) is 39.3 Å². The van der Waals surface area contributed by atoms with Gasteiger partial charge in [0, 0.05) is 23.2 Å². The van der Waals surface area contributed by atoms with Gasteiger partial charge in [-0.05, 0) is 33.7 Å². The fraction of sp³-hybridized carbons (Fsp3) is 0.700. The van der Waals surface area contributed by atoms with Crippen LogP contribution in [0, 0.1) is 6.92 Å². The molecule has 80 valence electrons. The number of aromatic nitrogens is 1. The monoisotopic (exact) mass is 213 g/mol. The summed E-state index contributed by atoms with van der Waals surface area (Å²) in [7, 11) is 0. The molecule has 1 heterocycles. The lowest BCUT2D eigenvalue weighted by Crippen LogP contribution is -2.35. The van der Waals surface area contributed by atoms with Gasteiger partial charge in [-0.1, -0.05) is 0 Å². The molecule has 0 bridgehead atoms. The van der Waals surface area contributed by atoms with E-state index in [1.165, 1.54) is 4.88 Å². The molecule has 3 nitrogen and oxygen atoms in total. The van der Waals surface area contributed by atoms with Gasteiger partial charge in [0.2, 0.25) is 0 Å². The van der Waals surface area contributed by atoms with E-state index in [1.807, 2.05) is 27.0 Å². The summed E-state index contributed by atoms with van der Waals surface area (Å²) in [5, 5.41) is 4.49. The Bertz CT molecular complexity index is 275. The molecular weight excluding hydrogens is 194 g/mol. The van der Waals surface area contributed by atoms with Crippen molar-refractivity contribution in [1.82, 2.24) is 10.3 Å². The van der Waals surface area contributed by atoms with E-state index in [2.05, 4.69) is 10.3 Å². The Morgan fingerprint density at radius 1 is 1.57 bits per heavy atom. The van der Waals surface area contributed by atoms with E-state index in [9.17, 15) is 0 Å². The van der Waals surface area contributed by atoms with Crippen LogP contribution in [0.3, 0.4) is 0 Å². The number of hydrogen-bond donors (Lipinski definition) is 2. The largest absolute Gasteiger partial charge is 0.326 e. The summed E-state index contributed by atoms with van der Waals surface area (Å²) < 4.78 is 0. The highest BCUT2D eigenvalue weighted by molar-refractivity contribution is 7.11. The van der Waals surface area contributed by atoms with Gasteiger partial charge in [-0.15, -0.1) is 11.3 Å². The fourth-order valence-electron chi connectivity index (χ4n) is 1.11. The number of hydrogen-bond acceptors (Lipinski definition) is 4. The highest BCUT2D eigenvalue weighted by Gasteiger charge is 2.09. The molecule has 0 aliphatic carbocycles. The van der Waals surface area contributed by atoms with Crippen molar-refractivity contribution >= 4 is 11.3 Å². The molecule has 0 atom stereocenters. The molecule has 0 fully saturated rings. The second kappa shape index (κ2) is 4.87. The average molecular weight is 213 g/mol. The predicted octanol–water partition coefficient (Wildman–Crippen LogP) is 1.67. The normalized spacial score (nSPS) is 12.0. The minimum atomic E-state index is -0.0728. The Morgan fingerprint density at radius 3 is 2.79 bits per heavy atom. The maximum atomic E-state index is 5.87. The molecule has 0 spiro atoms. The standard InChI is InChI=1S/C10H19N3S/c1-8-13-7-9(14-8)6-12-5-4-10(2,3)11/h7,12H,4-6,11H2,1-3H3. The average Bonchev–Trinajstić information content (AvgIpc) is 2.44. The fourth-order valence-corrected chi connectivity index (χ4v) is 1.87. The van der Waals surface area contributed by atoms with E-state index in [1.54, 1.807) is 11.3 Å². The molecule has 1 aromatic rings. The molecule has 1 aromatic heterocycles. The first-order valence-corrected chi connectivity index (χ1v) is 5.70. The van der Waals surface area contributed by atoms with Gasteiger partial charge in [-0.25, -0.2) is 4.98 Å². The summed E-state index contributed by atoms with van der Waals surface area (Å²) in [4.78, 5) is 5.49. The SMILES string of the molecule is Cc1ncc(CNCCC(C)(C)N)s1. The van der Waals surface area contributed by atoms with Crippen LogP contribution in [0.4, 0.5) is 0 Å². The van der Waals surface area contributed by atoms with Crippen LogP contribution < -0.4 is 11.1 Å². The molecule has 0 radical (unpaired) electrons. The van der Waals surface area contributed by atoms with E-state index < -0.39 is 0 Å². The van der Waals surface area contributed by atoms with Crippen molar-refractivity contribution in [3.8, 4) is 0 Å². The van der Waals surface area contributed by atoms with Gasteiger partial charge in [-0.2, -0.15) is 0 Å². The van der Waals surface area contributed by atoms with Gasteiger partial charge in [-0.3, -0.25) is 0 Å². The summed E-state index contributed by atoms with van der Waals surface area (Å²) in [6, 6.07) is 0.